The van der Waals surface area contributed by atoms with E-state index in [1.165, 1.54) is 32.4 Å². The Labute approximate surface area is 61.7 Å². The van der Waals surface area contributed by atoms with Crippen molar-refractivity contribution in [3.05, 3.63) is 0 Å². The largest absolute Gasteiger partial charge is 0.316 e. The van der Waals surface area contributed by atoms with E-state index in [4.69, 9.17) is 0 Å². The fourth-order valence-electron chi connectivity index (χ4n) is 1.94. The summed E-state index contributed by atoms with van der Waals surface area (Å²) in [6, 6.07) is 0. The summed E-state index contributed by atoms with van der Waals surface area (Å²) in [4.78, 5) is 4.35. The van der Waals surface area contributed by atoms with Crippen molar-refractivity contribution in [3.8, 4) is 0 Å². The Morgan fingerprint density at radius 3 is 3.00 bits per heavy atom. The first-order chi connectivity index (χ1) is 4.91. The van der Waals surface area contributed by atoms with E-state index < -0.39 is 0 Å². The van der Waals surface area contributed by atoms with Crippen molar-refractivity contribution in [2.75, 3.05) is 19.6 Å². The molecule has 56 valence electrons. The summed E-state index contributed by atoms with van der Waals surface area (Å²) >= 11 is 0. The molecule has 0 amide bonds. The van der Waals surface area contributed by atoms with Crippen molar-refractivity contribution in [1.29, 1.82) is 0 Å². The van der Waals surface area contributed by atoms with E-state index in [1.54, 1.807) is 0 Å². The molecule has 2 aliphatic heterocycles. The Morgan fingerprint density at radius 2 is 2.40 bits per heavy atom. The van der Waals surface area contributed by atoms with Crippen LogP contribution in [0.15, 0.2) is 4.99 Å². The first-order valence-electron chi connectivity index (χ1n) is 4.10. The molecular weight excluding hydrogens is 124 g/mol. The number of hydrogen-bond donors (Lipinski definition) is 1. The molecule has 2 rings (SSSR count). The zero-order valence-corrected chi connectivity index (χ0v) is 6.27. The van der Waals surface area contributed by atoms with Crippen LogP contribution in [0.5, 0.6) is 0 Å². The Morgan fingerprint density at radius 1 is 1.40 bits per heavy atom. The predicted molar refractivity (Wildman–Crippen MR) is 42.5 cm³/mol. The van der Waals surface area contributed by atoms with Gasteiger partial charge in [-0.25, -0.2) is 0 Å². The second-order valence-electron chi connectivity index (χ2n) is 3.49. The molecule has 0 aromatic heterocycles. The third-order valence-electron chi connectivity index (χ3n) is 2.69. The lowest BCUT2D eigenvalue weighted by Gasteiger charge is -2.28. The van der Waals surface area contributed by atoms with Gasteiger partial charge in [-0.3, -0.25) is 4.99 Å². The molecule has 1 N–H and O–H groups in total. The van der Waals surface area contributed by atoms with Gasteiger partial charge in [0.05, 0.1) is 0 Å². The highest BCUT2D eigenvalue weighted by molar-refractivity contribution is 5.58. The van der Waals surface area contributed by atoms with Gasteiger partial charge in [0.1, 0.15) is 0 Å². The third kappa shape index (κ3) is 0.966. The standard InChI is InChI=1S/C8H14N2/c1-2-8(6-9-4-1)3-5-10-7-8/h4,10H,1-3,5-7H2. The molecule has 1 fully saturated rings. The minimum Gasteiger partial charge on any atom is -0.316 e. The fraction of sp³-hybridized carbons (Fsp3) is 0.875. The average Bonchev–Trinajstić information content (AvgIpc) is 2.39. The monoisotopic (exact) mass is 138 g/mol. The zero-order valence-electron chi connectivity index (χ0n) is 6.27. The minimum atomic E-state index is 0.564. The summed E-state index contributed by atoms with van der Waals surface area (Å²) in [5.41, 5.74) is 0.564. The van der Waals surface area contributed by atoms with Gasteiger partial charge in [-0.2, -0.15) is 0 Å². The van der Waals surface area contributed by atoms with Crippen LogP contribution in [0.1, 0.15) is 19.3 Å². The smallest absolute Gasteiger partial charge is 0.0454 e. The lowest BCUT2D eigenvalue weighted by atomic mass is 9.81. The molecule has 2 aliphatic rings. The minimum absolute atomic E-state index is 0.564. The normalized spacial score (nSPS) is 39.2. The van der Waals surface area contributed by atoms with Crippen molar-refractivity contribution in [1.82, 2.24) is 5.32 Å². The lowest BCUT2D eigenvalue weighted by molar-refractivity contribution is 0.306. The van der Waals surface area contributed by atoms with E-state index in [0.717, 1.165) is 6.54 Å². The van der Waals surface area contributed by atoms with Gasteiger partial charge in [-0.15, -0.1) is 0 Å². The van der Waals surface area contributed by atoms with Crippen LogP contribution >= 0.6 is 0 Å². The maximum atomic E-state index is 4.35. The second-order valence-corrected chi connectivity index (χ2v) is 3.49. The first-order valence-corrected chi connectivity index (χ1v) is 4.10. The lowest BCUT2D eigenvalue weighted by Crippen LogP contribution is -2.29. The van der Waals surface area contributed by atoms with Crippen molar-refractivity contribution < 1.29 is 0 Å². The molecule has 0 aromatic rings. The van der Waals surface area contributed by atoms with E-state index in [1.807, 2.05) is 0 Å². The van der Waals surface area contributed by atoms with Crippen LogP contribution in [-0.2, 0) is 0 Å². The second kappa shape index (κ2) is 2.35. The summed E-state index contributed by atoms with van der Waals surface area (Å²) in [6.45, 7) is 3.47. The molecule has 0 saturated carbocycles. The van der Waals surface area contributed by atoms with E-state index in [9.17, 15) is 0 Å². The Bertz CT molecular complexity index is 145. The van der Waals surface area contributed by atoms with Crippen LogP contribution in [-0.4, -0.2) is 25.8 Å². The predicted octanol–water partition coefficient (Wildman–Crippen LogP) is 0.831. The van der Waals surface area contributed by atoms with Crippen LogP contribution < -0.4 is 5.32 Å². The third-order valence-corrected chi connectivity index (χ3v) is 2.69. The van der Waals surface area contributed by atoms with Crippen LogP contribution in [0.2, 0.25) is 0 Å². The average molecular weight is 138 g/mol. The Balaban J connectivity index is 2.06. The highest BCUT2D eigenvalue weighted by Crippen LogP contribution is 2.32. The summed E-state index contributed by atoms with van der Waals surface area (Å²) < 4.78 is 0. The summed E-state index contributed by atoms with van der Waals surface area (Å²) in [7, 11) is 0. The van der Waals surface area contributed by atoms with Crippen molar-refractivity contribution in [2.45, 2.75) is 19.3 Å². The van der Waals surface area contributed by atoms with Gasteiger partial charge >= 0.3 is 0 Å². The summed E-state index contributed by atoms with van der Waals surface area (Å²) in [6.07, 6.45) is 5.96. The Kier molecular flexibility index (Phi) is 1.49. The molecule has 0 aromatic carbocycles. The quantitative estimate of drug-likeness (QED) is 0.527. The fourth-order valence-corrected chi connectivity index (χ4v) is 1.94. The first kappa shape index (κ1) is 6.35. The van der Waals surface area contributed by atoms with E-state index in [0.29, 0.717) is 5.41 Å². The van der Waals surface area contributed by atoms with Crippen LogP contribution in [0.25, 0.3) is 0 Å². The molecular formula is C8H14N2. The van der Waals surface area contributed by atoms with Crippen molar-refractivity contribution >= 4 is 6.21 Å². The van der Waals surface area contributed by atoms with Gasteiger partial charge in [0, 0.05) is 18.5 Å². The molecule has 1 atom stereocenters. The van der Waals surface area contributed by atoms with Gasteiger partial charge in [-0.05, 0) is 32.0 Å². The molecule has 1 unspecified atom stereocenters. The van der Waals surface area contributed by atoms with Crippen LogP contribution in [0.4, 0.5) is 0 Å². The SMILES string of the molecule is C1=NCC2(CC1)CCNC2. The van der Waals surface area contributed by atoms with Crippen LogP contribution in [0, 0.1) is 5.41 Å². The summed E-state index contributed by atoms with van der Waals surface area (Å²) in [5, 5.41) is 3.41. The van der Waals surface area contributed by atoms with E-state index in [-0.39, 0.29) is 0 Å². The van der Waals surface area contributed by atoms with Gasteiger partial charge < -0.3 is 5.32 Å². The number of nitrogens with zero attached hydrogens (tertiary/aromatic N) is 1. The maximum absolute atomic E-state index is 4.35. The van der Waals surface area contributed by atoms with Gasteiger partial charge in [0.2, 0.25) is 0 Å². The highest BCUT2D eigenvalue weighted by atomic mass is 14.9. The molecule has 10 heavy (non-hydrogen) atoms. The van der Waals surface area contributed by atoms with Crippen molar-refractivity contribution in [3.63, 3.8) is 0 Å². The highest BCUT2D eigenvalue weighted by Gasteiger charge is 2.33. The maximum Gasteiger partial charge on any atom is 0.0454 e. The molecule has 2 nitrogen and oxygen atoms in total. The topological polar surface area (TPSA) is 24.4 Å². The Hall–Kier alpha value is -0.370. The molecule has 0 radical (unpaired) electrons. The number of hydrogen-bond acceptors (Lipinski definition) is 2. The van der Waals surface area contributed by atoms with E-state index in [2.05, 4.69) is 16.5 Å². The van der Waals surface area contributed by atoms with E-state index >= 15 is 0 Å². The number of nitrogens with one attached hydrogen (secondary N) is 1. The van der Waals surface area contributed by atoms with Gasteiger partial charge in [-0.1, -0.05) is 0 Å². The zero-order chi connectivity index (χ0) is 6.86. The molecule has 0 bridgehead atoms. The number of rotatable bonds is 0. The van der Waals surface area contributed by atoms with Crippen molar-refractivity contribution in [2.24, 2.45) is 10.4 Å². The molecule has 1 saturated heterocycles. The van der Waals surface area contributed by atoms with Gasteiger partial charge in [0.15, 0.2) is 0 Å². The number of aliphatic imine (C=N–C) groups is 1. The molecule has 2 heteroatoms. The molecule has 0 aliphatic carbocycles. The summed E-state index contributed by atoms with van der Waals surface area (Å²) in [5.74, 6) is 0. The van der Waals surface area contributed by atoms with Crippen LogP contribution in [0.3, 0.4) is 0 Å². The molecule has 2 heterocycles. The van der Waals surface area contributed by atoms with Gasteiger partial charge in [0.25, 0.3) is 0 Å². The molecule has 1 spiro atoms.